The Bertz CT molecular complexity index is 350. The van der Waals surface area contributed by atoms with E-state index in [0.717, 1.165) is 5.56 Å². The molecule has 1 aromatic carbocycles. The zero-order valence-electron chi connectivity index (χ0n) is 9.56. The van der Waals surface area contributed by atoms with Crippen LogP contribution in [-0.2, 0) is 11.2 Å². The highest BCUT2D eigenvalue weighted by Crippen LogP contribution is 2.17. The number of benzene rings is 1. The molecule has 0 heterocycles. The number of aliphatic hydroxyl groups excluding tert-OH is 1. The zero-order chi connectivity index (χ0) is 12.0. The maximum atomic E-state index is 11.5. The highest BCUT2D eigenvalue weighted by Gasteiger charge is 2.08. The number of carbonyl (C=O) groups is 1. The van der Waals surface area contributed by atoms with Crippen LogP contribution < -0.4 is 10.1 Å². The van der Waals surface area contributed by atoms with Gasteiger partial charge in [0.05, 0.1) is 19.6 Å². The fraction of sp³-hybridized carbons (Fsp3) is 0.417. The van der Waals surface area contributed by atoms with E-state index in [0.29, 0.717) is 5.75 Å². The third-order valence-corrected chi connectivity index (χ3v) is 2.14. The van der Waals surface area contributed by atoms with E-state index in [1.807, 2.05) is 24.3 Å². The topological polar surface area (TPSA) is 58.6 Å². The van der Waals surface area contributed by atoms with Crippen LogP contribution in [-0.4, -0.2) is 30.8 Å². The molecule has 1 atom stereocenters. The second-order valence-corrected chi connectivity index (χ2v) is 3.64. The lowest BCUT2D eigenvalue weighted by atomic mass is 10.1. The van der Waals surface area contributed by atoms with Gasteiger partial charge in [0.2, 0.25) is 5.91 Å². The van der Waals surface area contributed by atoms with Crippen molar-refractivity contribution in [1.82, 2.24) is 5.32 Å². The Morgan fingerprint density at radius 2 is 2.19 bits per heavy atom. The van der Waals surface area contributed by atoms with Gasteiger partial charge in [-0.15, -0.1) is 0 Å². The van der Waals surface area contributed by atoms with Crippen LogP contribution in [0.5, 0.6) is 5.75 Å². The number of methoxy groups -OCH3 is 1. The molecular formula is C12H17NO3. The van der Waals surface area contributed by atoms with E-state index in [-0.39, 0.29) is 18.9 Å². The molecule has 0 saturated heterocycles. The van der Waals surface area contributed by atoms with Crippen LogP contribution in [0.25, 0.3) is 0 Å². The Labute approximate surface area is 95.2 Å². The van der Waals surface area contributed by atoms with Crippen LogP contribution in [0.2, 0.25) is 0 Å². The number of hydrogen-bond acceptors (Lipinski definition) is 3. The minimum atomic E-state index is -0.526. The summed E-state index contributed by atoms with van der Waals surface area (Å²) in [5.74, 6) is 0.583. The van der Waals surface area contributed by atoms with Gasteiger partial charge in [-0.25, -0.2) is 0 Å². The van der Waals surface area contributed by atoms with Crippen molar-refractivity contribution in [3.63, 3.8) is 0 Å². The Hall–Kier alpha value is -1.55. The molecule has 0 bridgehead atoms. The van der Waals surface area contributed by atoms with E-state index in [4.69, 9.17) is 9.84 Å². The molecular weight excluding hydrogens is 206 g/mol. The van der Waals surface area contributed by atoms with E-state index in [9.17, 15) is 4.79 Å². The van der Waals surface area contributed by atoms with Crippen molar-refractivity contribution in [2.24, 2.45) is 0 Å². The second kappa shape index (κ2) is 6.12. The molecule has 88 valence electrons. The first-order valence-corrected chi connectivity index (χ1v) is 5.20. The van der Waals surface area contributed by atoms with Gasteiger partial charge >= 0.3 is 0 Å². The number of ether oxygens (including phenoxy) is 1. The molecule has 0 aliphatic rings. The van der Waals surface area contributed by atoms with Crippen molar-refractivity contribution >= 4 is 5.91 Å². The van der Waals surface area contributed by atoms with Gasteiger partial charge in [0.1, 0.15) is 5.75 Å². The molecule has 0 aliphatic heterocycles. The molecule has 0 saturated carbocycles. The van der Waals surface area contributed by atoms with Gasteiger partial charge < -0.3 is 15.2 Å². The van der Waals surface area contributed by atoms with Gasteiger partial charge in [0.25, 0.3) is 0 Å². The number of amides is 1. The lowest BCUT2D eigenvalue weighted by Gasteiger charge is -2.09. The molecule has 1 unspecified atom stereocenters. The van der Waals surface area contributed by atoms with Crippen LogP contribution in [0.1, 0.15) is 12.5 Å². The average molecular weight is 223 g/mol. The third-order valence-electron chi connectivity index (χ3n) is 2.14. The van der Waals surface area contributed by atoms with Gasteiger partial charge in [0.15, 0.2) is 0 Å². The second-order valence-electron chi connectivity index (χ2n) is 3.64. The van der Waals surface area contributed by atoms with Crippen LogP contribution in [0.4, 0.5) is 0 Å². The minimum absolute atomic E-state index is 0.120. The standard InChI is InChI=1S/C12H17NO3/c1-9(14)8-13-12(15)7-10-5-3-4-6-11(10)16-2/h3-6,9,14H,7-8H2,1-2H3,(H,13,15). The van der Waals surface area contributed by atoms with Gasteiger partial charge in [-0.3, -0.25) is 4.79 Å². The lowest BCUT2D eigenvalue weighted by Crippen LogP contribution is -2.31. The quantitative estimate of drug-likeness (QED) is 0.774. The number of hydrogen-bond donors (Lipinski definition) is 2. The molecule has 0 fully saturated rings. The van der Waals surface area contributed by atoms with Gasteiger partial charge in [0, 0.05) is 12.1 Å². The summed E-state index contributed by atoms with van der Waals surface area (Å²) in [4.78, 5) is 11.5. The molecule has 0 radical (unpaired) electrons. The molecule has 0 aromatic heterocycles. The van der Waals surface area contributed by atoms with Gasteiger partial charge in [-0.1, -0.05) is 18.2 Å². The highest BCUT2D eigenvalue weighted by molar-refractivity contribution is 5.79. The summed E-state index contributed by atoms with van der Waals surface area (Å²) in [6.07, 6.45) is -0.266. The summed E-state index contributed by atoms with van der Waals surface area (Å²) in [6.45, 7) is 1.90. The number of carbonyl (C=O) groups excluding carboxylic acids is 1. The molecule has 1 amide bonds. The van der Waals surface area contributed by atoms with Crippen molar-refractivity contribution in [3.8, 4) is 5.75 Å². The summed E-state index contributed by atoms with van der Waals surface area (Å²) < 4.78 is 5.14. The zero-order valence-corrected chi connectivity index (χ0v) is 9.56. The third kappa shape index (κ3) is 3.90. The van der Waals surface area contributed by atoms with E-state index < -0.39 is 6.10 Å². The molecule has 4 nitrogen and oxygen atoms in total. The van der Waals surface area contributed by atoms with Crippen molar-refractivity contribution in [3.05, 3.63) is 29.8 Å². The minimum Gasteiger partial charge on any atom is -0.496 e. The first-order chi connectivity index (χ1) is 7.63. The largest absolute Gasteiger partial charge is 0.496 e. The number of aliphatic hydroxyl groups is 1. The van der Waals surface area contributed by atoms with Crippen LogP contribution in [0, 0.1) is 0 Å². The first-order valence-electron chi connectivity index (χ1n) is 5.20. The maximum Gasteiger partial charge on any atom is 0.224 e. The maximum absolute atomic E-state index is 11.5. The predicted octanol–water partition coefficient (Wildman–Crippen LogP) is 0.735. The molecule has 0 spiro atoms. The fourth-order valence-corrected chi connectivity index (χ4v) is 1.35. The normalized spacial score (nSPS) is 11.9. The number of nitrogens with one attached hydrogen (secondary N) is 1. The summed E-state index contributed by atoms with van der Waals surface area (Å²) in [6, 6.07) is 7.38. The predicted molar refractivity (Wildman–Crippen MR) is 61.4 cm³/mol. The van der Waals surface area contributed by atoms with Crippen LogP contribution in [0.15, 0.2) is 24.3 Å². The summed E-state index contributed by atoms with van der Waals surface area (Å²) in [5.41, 5.74) is 0.841. The molecule has 1 aromatic rings. The number of rotatable bonds is 5. The van der Waals surface area contributed by atoms with Crippen molar-refractivity contribution in [2.75, 3.05) is 13.7 Å². The van der Waals surface area contributed by atoms with Crippen molar-refractivity contribution in [2.45, 2.75) is 19.4 Å². The lowest BCUT2D eigenvalue weighted by molar-refractivity contribution is -0.120. The van der Waals surface area contributed by atoms with Crippen molar-refractivity contribution in [1.29, 1.82) is 0 Å². The Balaban J connectivity index is 2.55. The fourth-order valence-electron chi connectivity index (χ4n) is 1.35. The Morgan fingerprint density at radius 1 is 1.50 bits per heavy atom. The molecule has 16 heavy (non-hydrogen) atoms. The molecule has 0 aliphatic carbocycles. The highest BCUT2D eigenvalue weighted by atomic mass is 16.5. The summed E-state index contributed by atoms with van der Waals surface area (Å²) in [7, 11) is 1.58. The van der Waals surface area contributed by atoms with E-state index in [1.54, 1.807) is 14.0 Å². The van der Waals surface area contributed by atoms with Crippen LogP contribution >= 0.6 is 0 Å². The SMILES string of the molecule is COc1ccccc1CC(=O)NCC(C)O. The molecule has 4 heteroatoms. The first kappa shape index (κ1) is 12.5. The van der Waals surface area contributed by atoms with Crippen LogP contribution in [0.3, 0.4) is 0 Å². The Kier molecular flexibility index (Phi) is 4.79. The van der Waals surface area contributed by atoms with Crippen molar-refractivity contribution < 1.29 is 14.6 Å². The summed E-state index contributed by atoms with van der Waals surface area (Å²) >= 11 is 0. The van der Waals surface area contributed by atoms with E-state index in [2.05, 4.69) is 5.32 Å². The summed E-state index contributed by atoms with van der Waals surface area (Å²) in [5, 5.41) is 11.7. The molecule has 2 N–H and O–H groups in total. The monoisotopic (exact) mass is 223 g/mol. The van der Waals surface area contributed by atoms with E-state index in [1.165, 1.54) is 0 Å². The smallest absolute Gasteiger partial charge is 0.224 e. The van der Waals surface area contributed by atoms with Gasteiger partial charge in [-0.2, -0.15) is 0 Å². The average Bonchev–Trinajstić information content (AvgIpc) is 2.27. The van der Waals surface area contributed by atoms with Gasteiger partial charge in [-0.05, 0) is 13.0 Å². The molecule has 1 rings (SSSR count). The Morgan fingerprint density at radius 3 is 2.81 bits per heavy atom. The number of para-hydroxylation sites is 1. The van der Waals surface area contributed by atoms with E-state index >= 15 is 0 Å².